The number of benzene rings is 1. The molecule has 3 rings (SSSR count). The highest BCUT2D eigenvalue weighted by Crippen LogP contribution is 2.21. The van der Waals surface area contributed by atoms with E-state index in [0.29, 0.717) is 0 Å². The molecule has 0 amide bonds. The van der Waals surface area contributed by atoms with Crippen LogP contribution in [0.2, 0.25) is 0 Å². The topological polar surface area (TPSA) is 48.0 Å². The molecule has 0 radical (unpaired) electrons. The Bertz CT molecular complexity index is 787. The Morgan fingerprint density at radius 3 is 2.62 bits per heavy atom. The zero-order valence-electron chi connectivity index (χ0n) is 11.7. The predicted octanol–water partition coefficient (Wildman–Crippen LogP) is 3.17. The Morgan fingerprint density at radius 2 is 1.90 bits per heavy atom. The lowest BCUT2D eigenvalue weighted by Gasteiger charge is -2.09. The number of nitrogens with zero attached hydrogens (tertiary/aromatic N) is 5. The van der Waals surface area contributed by atoms with E-state index in [1.54, 1.807) is 17.3 Å². The number of rotatable bonds is 3. The maximum absolute atomic E-state index is 4.31. The van der Waals surface area contributed by atoms with E-state index < -0.39 is 0 Å². The maximum Gasteiger partial charge on any atom is 0.141 e. The Hall–Kier alpha value is -1.96. The fourth-order valence-electron chi connectivity index (χ4n) is 2.31. The van der Waals surface area contributed by atoms with Gasteiger partial charge in [0, 0.05) is 26.2 Å². The van der Waals surface area contributed by atoms with Crippen LogP contribution in [0.1, 0.15) is 17.0 Å². The minimum Gasteiger partial charge on any atom is -0.318 e. The highest BCUT2D eigenvalue weighted by atomic mass is 127. The van der Waals surface area contributed by atoms with E-state index in [-0.39, 0.29) is 0 Å². The van der Waals surface area contributed by atoms with Crippen molar-refractivity contribution in [3.63, 3.8) is 0 Å². The van der Waals surface area contributed by atoms with Crippen LogP contribution < -0.4 is 0 Å². The summed E-state index contributed by atoms with van der Waals surface area (Å²) in [5, 5.41) is 11.8. The van der Waals surface area contributed by atoms with E-state index in [4.69, 9.17) is 0 Å². The summed E-state index contributed by atoms with van der Waals surface area (Å²) in [5.41, 5.74) is 4.59. The van der Waals surface area contributed by atoms with Crippen LogP contribution in [0.4, 0.5) is 0 Å². The minimum absolute atomic E-state index is 1.08. The van der Waals surface area contributed by atoms with Crippen molar-refractivity contribution < 1.29 is 0 Å². The summed E-state index contributed by atoms with van der Waals surface area (Å²) in [4.78, 5) is 0. The van der Waals surface area contributed by atoms with Gasteiger partial charge in [-0.15, -0.1) is 10.2 Å². The Morgan fingerprint density at radius 1 is 1.14 bits per heavy atom. The van der Waals surface area contributed by atoms with E-state index in [1.165, 1.54) is 15.0 Å². The molecule has 0 saturated heterocycles. The van der Waals surface area contributed by atoms with Gasteiger partial charge in [0.1, 0.15) is 12.7 Å². The van der Waals surface area contributed by atoms with E-state index in [2.05, 4.69) is 86.6 Å². The summed E-state index contributed by atoms with van der Waals surface area (Å²) < 4.78 is 5.03. The summed E-state index contributed by atoms with van der Waals surface area (Å²) in [5.74, 6) is 0. The SMILES string of the molecule is Cc1cc(C=Nn2cnnc2)c(C)n1-c1cccc(I)c1. The van der Waals surface area contributed by atoms with E-state index >= 15 is 0 Å². The summed E-state index contributed by atoms with van der Waals surface area (Å²) >= 11 is 2.33. The molecule has 1 aromatic carbocycles. The summed E-state index contributed by atoms with van der Waals surface area (Å²) in [6, 6.07) is 10.6. The largest absolute Gasteiger partial charge is 0.318 e. The standard InChI is InChI=1S/C15H14IN5/c1-11-6-13(8-19-20-9-17-18-10-20)12(2)21(11)15-5-3-4-14(16)7-15/h3-10H,1-2H3. The average molecular weight is 391 g/mol. The second kappa shape index (κ2) is 5.80. The zero-order chi connectivity index (χ0) is 14.8. The van der Waals surface area contributed by atoms with Gasteiger partial charge in [-0.1, -0.05) is 6.07 Å². The minimum atomic E-state index is 1.08. The van der Waals surface area contributed by atoms with Gasteiger partial charge in [0.2, 0.25) is 0 Å². The van der Waals surface area contributed by atoms with Crippen LogP contribution in [0.25, 0.3) is 5.69 Å². The molecular weight excluding hydrogens is 377 g/mol. The fraction of sp³-hybridized carbons (Fsp3) is 0.133. The van der Waals surface area contributed by atoms with Gasteiger partial charge < -0.3 is 4.57 Å². The molecule has 0 aliphatic rings. The van der Waals surface area contributed by atoms with Crippen LogP contribution in [0.5, 0.6) is 0 Å². The van der Waals surface area contributed by atoms with Gasteiger partial charge in [0.15, 0.2) is 0 Å². The first-order valence-electron chi connectivity index (χ1n) is 6.49. The Labute approximate surface area is 136 Å². The number of hydrogen-bond acceptors (Lipinski definition) is 3. The van der Waals surface area contributed by atoms with Crippen molar-refractivity contribution in [1.82, 2.24) is 19.4 Å². The van der Waals surface area contributed by atoms with Crippen molar-refractivity contribution >= 4 is 28.8 Å². The Kier molecular flexibility index (Phi) is 3.87. The van der Waals surface area contributed by atoms with Crippen LogP contribution >= 0.6 is 22.6 Å². The highest BCUT2D eigenvalue weighted by molar-refractivity contribution is 14.1. The molecule has 0 aliphatic carbocycles. The predicted molar refractivity (Wildman–Crippen MR) is 91.0 cm³/mol. The van der Waals surface area contributed by atoms with Crippen molar-refractivity contribution in [3.05, 3.63) is 63.5 Å². The summed E-state index contributed by atoms with van der Waals surface area (Å²) in [7, 11) is 0. The van der Waals surface area contributed by atoms with Crippen molar-refractivity contribution in [1.29, 1.82) is 0 Å². The molecule has 0 atom stereocenters. The van der Waals surface area contributed by atoms with E-state index in [0.717, 1.165) is 11.3 Å². The molecule has 0 bridgehead atoms. The lowest BCUT2D eigenvalue weighted by Crippen LogP contribution is -2.00. The first kappa shape index (κ1) is 14.0. The molecule has 2 aromatic heterocycles. The summed E-state index contributed by atoms with van der Waals surface area (Å²) in [6.45, 7) is 4.20. The molecular formula is C15H14IN5. The van der Waals surface area contributed by atoms with Gasteiger partial charge in [-0.25, -0.2) is 4.68 Å². The van der Waals surface area contributed by atoms with Gasteiger partial charge >= 0.3 is 0 Å². The third-order valence-corrected chi connectivity index (χ3v) is 3.94. The second-order valence-corrected chi connectivity index (χ2v) is 5.97. The van der Waals surface area contributed by atoms with Crippen LogP contribution in [0.3, 0.4) is 0 Å². The lowest BCUT2D eigenvalue weighted by molar-refractivity contribution is 0.877. The highest BCUT2D eigenvalue weighted by Gasteiger charge is 2.09. The van der Waals surface area contributed by atoms with Gasteiger partial charge in [-0.05, 0) is 60.7 Å². The molecule has 0 N–H and O–H groups in total. The number of hydrogen-bond donors (Lipinski definition) is 0. The monoisotopic (exact) mass is 391 g/mol. The van der Waals surface area contributed by atoms with Crippen molar-refractivity contribution in [2.24, 2.45) is 5.10 Å². The first-order chi connectivity index (χ1) is 10.1. The molecule has 0 unspecified atom stereocenters. The molecule has 0 fully saturated rings. The number of halogens is 1. The zero-order valence-corrected chi connectivity index (χ0v) is 13.9. The van der Waals surface area contributed by atoms with Crippen LogP contribution in [-0.4, -0.2) is 25.7 Å². The second-order valence-electron chi connectivity index (χ2n) is 4.73. The Balaban J connectivity index is 2.00. The molecule has 3 aromatic rings. The molecule has 6 heteroatoms. The molecule has 21 heavy (non-hydrogen) atoms. The molecule has 5 nitrogen and oxygen atoms in total. The van der Waals surface area contributed by atoms with Gasteiger partial charge in [-0.3, -0.25) is 0 Å². The van der Waals surface area contributed by atoms with Gasteiger partial charge in [-0.2, -0.15) is 5.10 Å². The van der Waals surface area contributed by atoms with Crippen LogP contribution in [-0.2, 0) is 0 Å². The summed E-state index contributed by atoms with van der Waals surface area (Å²) in [6.07, 6.45) is 4.96. The fourth-order valence-corrected chi connectivity index (χ4v) is 2.84. The molecule has 0 spiro atoms. The van der Waals surface area contributed by atoms with Crippen molar-refractivity contribution in [2.45, 2.75) is 13.8 Å². The number of aromatic nitrogens is 4. The van der Waals surface area contributed by atoms with Gasteiger partial charge in [0.05, 0.1) is 6.21 Å². The molecule has 106 valence electrons. The third-order valence-electron chi connectivity index (χ3n) is 3.27. The quantitative estimate of drug-likeness (QED) is 0.509. The molecule has 2 heterocycles. The molecule has 0 saturated carbocycles. The van der Waals surface area contributed by atoms with Crippen molar-refractivity contribution in [2.75, 3.05) is 0 Å². The number of aryl methyl sites for hydroxylation is 1. The van der Waals surface area contributed by atoms with Crippen LogP contribution in [0.15, 0.2) is 48.1 Å². The van der Waals surface area contributed by atoms with E-state index in [1.807, 2.05) is 6.21 Å². The molecule has 0 aliphatic heterocycles. The first-order valence-corrected chi connectivity index (χ1v) is 7.57. The van der Waals surface area contributed by atoms with Crippen molar-refractivity contribution in [3.8, 4) is 5.69 Å². The van der Waals surface area contributed by atoms with Gasteiger partial charge in [0.25, 0.3) is 0 Å². The average Bonchev–Trinajstić information content (AvgIpc) is 3.05. The lowest BCUT2D eigenvalue weighted by atomic mass is 10.2. The normalized spacial score (nSPS) is 11.4. The maximum atomic E-state index is 4.31. The smallest absolute Gasteiger partial charge is 0.141 e. The third kappa shape index (κ3) is 2.90. The van der Waals surface area contributed by atoms with Crippen LogP contribution in [0, 0.1) is 17.4 Å². The van der Waals surface area contributed by atoms with E-state index in [9.17, 15) is 0 Å².